The Bertz CT molecular complexity index is 837. The predicted octanol–water partition coefficient (Wildman–Crippen LogP) is 2.97. The second-order valence-corrected chi connectivity index (χ2v) is 5.47. The minimum atomic E-state index is -0.575. The van der Waals surface area contributed by atoms with Crippen LogP contribution in [0.4, 0.5) is 17.5 Å². The van der Waals surface area contributed by atoms with Crippen LogP contribution in [-0.2, 0) is 6.42 Å². The van der Waals surface area contributed by atoms with E-state index < -0.39 is 5.91 Å². The minimum Gasteiger partial charge on any atom is -0.365 e. The van der Waals surface area contributed by atoms with Crippen LogP contribution in [0.25, 0.3) is 0 Å². The Kier molecular flexibility index (Phi) is 5.21. The summed E-state index contributed by atoms with van der Waals surface area (Å²) in [5, 5.41) is 6.28. The van der Waals surface area contributed by atoms with Crippen molar-refractivity contribution in [2.45, 2.75) is 6.42 Å². The molecule has 1 heterocycles. The fraction of sp³-hybridized carbons (Fsp3) is 0.105. The zero-order valence-electron chi connectivity index (χ0n) is 13.6. The number of aromatic nitrogens is 2. The van der Waals surface area contributed by atoms with Gasteiger partial charge in [0.05, 0.1) is 0 Å². The third kappa shape index (κ3) is 4.54. The first-order valence-electron chi connectivity index (χ1n) is 7.99. The van der Waals surface area contributed by atoms with E-state index in [0.29, 0.717) is 18.3 Å². The van der Waals surface area contributed by atoms with E-state index in [1.165, 1.54) is 11.8 Å². The number of rotatable bonds is 7. The van der Waals surface area contributed by atoms with Gasteiger partial charge in [0.25, 0.3) is 5.91 Å². The number of hydrogen-bond acceptors (Lipinski definition) is 5. The second-order valence-electron chi connectivity index (χ2n) is 5.47. The van der Waals surface area contributed by atoms with Crippen LogP contribution in [0, 0.1) is 0 Å². The Morgan fingerprint density at radius 2 is 1.68 bits per heavy atom. The van der Waals surface area contributed by atoms with Crippen LogP contribution in [0.1, 0.15) is 15.9 Å². The summed E-state index contributed by atoms with van der Waals surface area (Å²) < 4.78 is 0. The van der Waals surface area contributed by atoms with Gasteiger partial charge in [-0.05, 0) is 24.1 Å². The maximum Gasteiger partial charge on any atom is 0.254 e. The summed E-state index contributed by atoms with van der Waals surface area (Å²) in [5.41, 5.74) is 7.71. The van der Waals surface area contributed by atoms with Crippen molar-refractivity contribution in [2.75, 3.05) is 17.2 Å². The molecule has 0 aliphatic carbocycles. The smallest absolute Gasteiger partial charge is 0.254 e. The van der Waals surface area contributed by atoms with Crippen molar-refractivity contribution in [3.05, 3.63) is 78.0 Å². The first-order chi connectivity index (χ1) is 12.2. The Labute approximate surface area is 146 Å². The molecule has 1 amide bonds. The van der Waals surface area contributed by atoms with Crippen molar-refractivity contribution >= 4 is 23.4 Å². The molecular weight excluding hydrogens is 314 g/mol. The molecule has 0 spiro atoms. The first-order valence-corrected chi connectivity index (χ1v) is 7.99. The summed E-state index contributed by atoms with van der Waals surface area (Å²) in [7, 11) is 0. The average Bonchev–Trinajstić information content (AvgIpc) is 2.63. The number of para-hydroxylation sites is 1. The Morgan fingerprint density at radius 3 is 2.36 bits per heavy atom. The number of hydrogen-bond donors (Lipinski definition) is 3. The largest absolute Gasteiger partial charge is 0.365 e. The molecule has 6 heteroatoms. The van der Waals surface area contributed by atoms with E-state index >= 15 is 0 Å². The van der Waals surface area contributed by atoms with Gasteiger partial charge in [-0.3, -0.25) is 4.79 Å². The maximum atomic E-state index is 11.6. The highest BCUT2D eigenvalue weighted by atomic mass is 16.1. The van der Waals surface area contributed by atoms with Crippen molar-refractivity contribution in [1.29, 1.82) is 0 Å². The van der Waals surface area contributed by atoms with Gasteiger partial charge in [0.2, 0.25) is 5.95 Å². The lowest BCUT2D eigenvalue weighted by Crippen LogP contribution is -2.16. The monoisotopic (exact) mass is 333 g/mol. The SMILES string of the molecule is NC(=O)c1cnc(NCCc2ccccc2)nc1Nc1ccccc1. The third-order valence-electron chi connectivity index (χ3n) is 3.63. The molecule has 0 saturated heterocycles. The molecule has 0 atom stereocenters. The number of amides is 1. The van der Waals surface area contributed by atoms with Gasteiger partial charge in [-0.15, -0.1) is 0 Å². The second kappa shape index (κ2) is 7.92. The van der Waals surface area contributed by atoms with Gasteiger partial charge in [-0.2, -0.15) is 4.98 Å². The highest BCUT2D eigenvalue weighted by Crippen LogP contribution is 2.19. The fourth-order valence-corrected chi connectivity index (χ4v) is 2.36. The summed E-state index contributed by atoms with van der Waals surface area (Å²) in [6.07, 6.45) is 2.29. The average molecular weight is 333 g/mol. The molecule has 1 aromatic heterocycles. The van der Waals surface area contributed by atoms with Gasteiger partial charge in [0.15, 0.2) is 0 Å². The number of carbonyl (C=O) groups is 1. The summed E-state index contributed by atoms with van der Waals surface area (Å²) in [5.74, 6) is 0.254. The molecule has 3 rings (SSSR count). The fourth-order valence-electron chi connectivity index (χ4n) is 2.36. The minimum absolute atomic E-state index is 0.248. The highest BCUT2D eigenvalue weighted by Gasteiger charge is 2.12. The number of nitrogens with one attached hydrogen (secondary N) is 2. The first kappa shape index (κ1) is 16.4. The summed E-state index contributed by atoms with van der Waals surface area (Å²) >= 11 is 0. The van der Waals surface area contributed by atoms with Gasteiger partial charge in [0, 0.05) is 18.4 Å². The molecule has 25 heavy (non-hydrogen) atoms. The Morgan fingerprint density at radius 1 is 1.00 bits per heavy atom. The lowest BCUT2D eigenvalue weighted by atomic mass is 10.1. The van der Waals surface area contributed by atoms with Crippen LogP contribution < -0.4 is 16.4 Å². The lowest BCUT2D eigenvalue weighted by molar-refractivity contribution is 0.100. The molecule has 0 aliphatic rings. The molecule has 0 unspecified atom stereocenters. The normalized spacial score (nSPS) is 10.2. The van der Waals surface area contributed by atoms with Gasteiger partial charge in [0.1, 0.15) is 11.4 Å². The van der Waals surface area contributed by atoms with Crippen LogP contribution in [0.2, 0.25) is 0 Å². The summed E-state index contributed by atoms with van der Waals surface area (Å²) in [4.78, 5) is 20.2. The van der Waals surface area contributed by atoms with E-state index in [9.17, 15) is 4.79 Å². The molecule has 4 N–H and O–H groups in total. The zero-order chi connectivity index (χ0) is 17.5. The van der Waals surface area contributed by atoms with Crippen LogP contribution in [-0.4, -0.2) is 22.4 Å². The standard InChI is InChI=1S/C19H19N5O/c20-17(25)16-13-22-19(21-12-11-14-7-3-1-4-8-14)24-18(16)23-15-9-5-2-6-10-15/h1-10,13H,11-12H2,(H2,20,25)(H2,21,22,23,24). The van der Waals surface area contributed by atoms with Gasteiger partial charge >= 0.3 is 0 Å². The number of primary amides is 1. The number of carbonyl (C=O) groups excluding carboxylic acids is 1. The molecule has 0 fully saturated rings. The van der Waals surface area contributed by atoms with E-state index in [1.807, 2.05) is 48.5 Å². The maximum absolute atomic E-state index is 11.6. The quantitative estimate of drug-likeness (QED) is 0.618. The van der Waals surface area contributed by atoms with E-state index in [2.05, 4.69) is 32.7 Å². The summed E-state index contributed by atoms with van der Waals surface area (Å²) in [6, 6.07) is 19.6. The number of benzene rings is 2. The summed E-state index contributed by atoms with van der Waals surface area (Å²) in [6.45, 7) is 0.685. The zero-order valence-corrected chi connectivity index (χ0v) is 13.6. The Balaban J connectivity index is 1.72. The predicted molar refractivity (Wildman–Crippen MR) is 98.9 cm³/mol. The molecule has 0 bridgehead atoms. The molecular formula is C19H19N5O. The highest BCUT2D eigenvalue weighted by molar-refractivity contribution is 5.98. The van der Waals surface area contributed by atoms with E-state index in [1.54, 1.807) is 0 Å². The number of nitrogens with zero attached hydrogens (tertiary/aromatic N) is 2. The van der Waals surface area contributed by atoms with Crippen molar-refractivity contribution in [1.82, 2.24) is 9.97 Å². The van der Waals surface area contributed by atoms with Gasteiger partial charge in [-0.25, -0.2) is 4.98 Å². The van der Waals surface area contributed by atoms with E-state index in [4.69, 9.17) is 5.73 Å². The van der Waals surface area contributed by atoms with Crippen LogP contribution in [0.5, 0.6) is 0 Å². The van der Waals surface area contributed by atoms with Gasteiger partial charge in [-0.1, -0.05) is 48.5 Å². The number of anilines is 3. The molecule has 0 saturated carbocycles. The van der Waals surface area contributed by atoms with E-state index in [-0.39, 0.29) is 5.56 Å². The molecule has 126 valence electrons. The topological polar surface area (TPSA) is 92.9 Å². The Hall–Kier alpha value is -3.41. The van der Waals surface area contributed by atoms with Crippen molar-refractivity contribution < 1.29 is 4.79 Å². The molecule has 0 radical (unpaired) electrons. The molecule has 6 nitrogen and oxygen atoms in total. The van der Waals surface area contributed by atoms with Crippen LogP contribution in [0.3, 0.4) is 0 Å². The molecule has 3 aromatic rings. The lowest BCUT2D eigenvalue weighted by Gasteiger charge is -2.11. The van der Waals surface area contributed by atoms with Crippen LogP contribution in [0.15, 0.2) is 66.9 Å². The van der Waals surface area contributed by atoms with Crippen molar-refractivity contribution in [2.24, 2.45) is 5.73 Å². The third-order valence-corrected chi connectivity index (χ3v) is 3.63. The number of nitrogens with two attached hydrogens (primary N) is 1. The van der Waals surface area contributed by atoms with Crippen molar-refractivity contribution in [3.63, 3.8) is 0 Å². The molecule has 2 aromatic carbocycles. The van der Waals surface area contributed by atoms with Gasteiger partial charge < -0.3 is 16.4 Å². The molecule has 0 aliphatic heterocycles. The van der Waals surface area contributed by atoms with E-state index in [0.717, 1.165) is 12.1 Å². The van der Waals surface area contributed by atoms with Crippen molar-refractivity contribution in [3.8, 4) is 0 Å². The van der Waals surface area contributed by atoms with Crippen LogP contribution >= 0.6 is 0 Å².